The molecule has 0 unspecified atom stereocenters. The lowest BCUT2D eigenvalue weighted by Crippen LogP contribution is -2.56. The van der Waals surface area contributed by atoms with Gasteiger partial charge in [-0.1, -0.05) is 22.0 Å². The maximum Gasteiger partial charge on any atom is 0.367 e. The number of hydrogen-bond acceptors (Lipinski definition) is 5. The number of aryl methyl sites for hydroxylation is 1. The van der Waals surface area contributed by atoms with E-state index >= 15 is 0 Å². The minimum atomic E-state index is -4.11. The van der Waals surface area contributed by atoms with Gasteiger partial charge in [-0.3, -0.25) is 0 Å². The van der Waals surface area contributed by atoms with Crippen LogP contribution in [-0.2, 0) is 10.2 Å². The number of benzene rings is 1. The van der Waals surface area contributed by atoms with Gasteiger partial charge in [0.1, 0.15) is 24.1 Å². The van der Waals surface area contributed by atoms with E-state index in [-0.39, 0.29) is 12.0 Å². The summed E-state index contributed by atoms with van der Waals surface area (Å²) in [4.78, 5) is 17.7. The molecule has 1 fully saturated rings. The van der Waals surface area contributed by atoms with Crippen LogP contribution in [0.25, 0.3) is 11.0 Å². The number of aromatic amines is 1. The summed E-state index contributed by atoms with van der Waals surface area (Å²) in [5.41, 5.74) is 2.58. The summed E-state index contributed by atoms with van der Waals surface area (Å²) in [5.74, 6) is 1.08. The van der Waals surface area contributed by atoms with Crippen LogP contribution in [0.5, 0.6) is 0 Å². The third-order valence-electron chi connectivity index (χ3n) is 5.54. The summed E-state index contributed by atoms with van der Waals surface area (Å²) in [6, 6.07) is 7.40. The maximum atomic E-state index is 12.7. The van der Waals surface area contributed by atoms with E-state index in [9.17, 15) is 8.42 Å². The van der Waals surface area contributed by atoms with Gasteiger partial charge >= 0.3 is 10.2 Å². The highest BCUT2D eigenvalue weighted by Gasteiger charge is 2.29. The van der Waals surface area contributed by atoms with E-state index in [0.29, 0.717) is 25.3 Å². The lowest BCUT2D eigenvalue weighted by atomic mass is 10.1. The van der Waals surface area contributed by atoms with Crippen molar-refractivity contribution < 1.29 is 8.42 Å². The number of H-pyrrole nitrogens is 1. The number of nitrogens with zero attached hydrogens (tertiary/aromatic N) is 7. The first kappa shape index (κ1) is 24.9. The third-order valence-corrected chi connectivity index (χ3v) is 6.80. The Labute approximate surface area is 213 Å². The van der Waals surface area contributed by atoms with Crippen molar-refractivity contribution in [2.24, 2.45) is 8.80 Å². The average Bonchev–Trinajstić information content (AvgIpc) is 3.18. The molecule has 0 amide bonds. The number of guanidine groups is 1. The monoisotopic (exact) mass is 561 g/mol. The van der Waals surface area contributed by atoms with Gasteiger partial charge in [-0.15, -0.1) is 8.80 Å². The van der Waals surface area contributed by atoms with Crippen LogP contribution in [0, 0.1) is 6.92 Å². The maximum absolute atomic E-state index is 12.7. The molecule has 3 heterocycles. The van der Waals surface area contributed by atoms with Crippen molar-refractivity contribution in [3.8, 4) is 0 Å². The second-order valence-electron chi connectivity index (χ2n) is 8.56. The lowest BCUT2D eigenvalue weighted by molar-refractivity contribution is 0.297. The molecule has 1 aromatic carbocycles. The number of anilines is 2. The molecular weight excluding hydrogens is 534 g/mol. The number of fused-ring (bicyclic) bond motifs is 1. The molecule has 11 nitrogen and oxygen atoms in total. The van der Waals surface area contributed by atoms with Gasteiger partial charge in [0.25, 0.3) is 0 Å². The molecule has 1 saturated heterocycles. The van der Waals surface area contributed by atoms with Crippen molar-refractivity contribution in [3.05, 3.63) is 46.8 Å². The number of halogens is 1. The standard InChI is InChI=1S/C22H28BrN9O2S/c1-15-11-24-20-19(15)21(26-13-25-20)31-8-9-32(16(2)12-31)22(28-18-7-5-6-17(23)10-18)29-35(33,34)27-14-30(3)4/h5-7,10-11,13-14,16H,8-9,12H2,1-4H3,(H,28,29)(H,24,25,26)/t16-/m0/s1. The van der Waals surface area contributed by atoms with E-state index < -0.39 is 10.2 Å². The minimum Gasteiger partial charge on any atom is -0.368 e. The van der Waals surface area contributed by atoms with E-state index in [1.165, 1.54) is 6.34 Å². The summed E-state index contributed by atoms with van der Waals surface area (Å²) in [7, 11) is -0.719. The quantitative estimate of drug-likeness (QED) is 0.360. The molecule has 4 rings (SSSR count). The van der Waals surface area contributed by atoms with Crippen molar-refractivity contribution in [3.63, 3.8) is 0 Å². The first-order valence-corrected chi connectivity index (χ1v) is 13.2. The summed E-state index contributed by atoms with van der Waals surface area (Å²) in [6.45, 7) is 5.83. The predicted molar refractivity (Wildman–Crippen MR) is 143 cm³/mol. The summed E-state index contributed by atoms with van der Waals surface area (Å²) >= 11 is 3.46. The van der Waals surface area contributed by atoms with Gasteiger partial charge in [0.05, 0.1) is 5.39 Å². The SMILES string of the molecule is Cc1c[nH]c2ncnc(N3CCN(C(=NS(=O)(=O)N=CN(C)C)Nc4cccc(Br)c4)[C@@H](C)C3)c12. The van der Waals surface area contributed by atoms with E-state index in [2.05, 4.69) is 49.9 Å². The van der Waals surface area contributed by atoms with Gasteiger partial charge in [0, 0.05) is 56.1 Å². The van der Waals surface area contributed by atoms with Crippen LogP contribution in [0.4, 0.5) is 11.5 Å². The van der Waals surface area contributed by atoms with Crippen LogP contribution < -0.4 is 10.2 Å². The first-order valence-electron chi connectivity index (χ1n) is 11.0. The van der Waals surface area contributed by atoms with E-state index in [0.717, 1.165) is 26.9 Å². The van der Waals surface area contributed by atoms with Gasteiger partial charge in [-0.2, -0.15) is 8.42 Å². The van der Waals surface area contributed by atoms with E-state index in [1.54, 1.807) is 25.3 Å². The van der Waals surface area contributed by atoms with Gasteiger partial charge < -0.3 is 25.0 Å². The van der Waals surface area contributed by atoms with Gasteiger partial charge in [0.2, 0.25) is 5.96 Å². The highest BCUT2D eigenvalue weighted by molar-refractivity contribution is 9.10. The Kier molecular flexibility index (Phi) is 7.26. The summed E-state index contributed by atoms with van der Waals surface area (Å²) < 4.78 is 33.9. The molecule has 1 aliphatic rings. The fourth-order valence-electron chi connectivity index (χ4n) is 3.93. The number of nitrogens with one attached hydrogen (secondary N) is 2. The number of hydrogen-bond donors (Lipinski definition) is 2. The van der Waals surface area contributed by atoms with Gasteiger partial charge in [-0.25, -0.2) is 9.97 Å². The Morgan fingerprint density at radius 3 is 2.83 bits per heavy atom. The predicted octanol–water partition coefficient (Wildman–Crippen LogP) is 2.84. The molecular formula is C22H28BrN9O2S. The van der Waals surface area contributed by atoms with Crippen LogP contribution in [0.15, 0.2) is 50.1 Å². The molecule has 13 heteroatoms. The Balaban J connectivity index is 1.63. The Morgan fingerprint density at radius 2 is 2.11 bits per heavy atom. The second-order valence-corrected chi connectivity index (χ2v) is 10.8. The highest BCUT2D eigenvalue weighted by Crippen LogP contribution is 2.28. The third kappa shape index (κ3) is 5.90. The number of piperazine rings is 1. The molecule has 0 saturated carbocycles. The van der Waals surface area contributed by atoms with Crippen molar-refractivity contribution >= 4 is 61.0 Å². The fourth-order valence-corrected chi connectivity index (χ4v) is 5.05. The number of aromatic nitrogens is 3. The van der Waals surface area contributed by atoms with Gasteiger partial charge in [0.15, 0.2) is 0 Å². The second kappa shape index (κ2) is 10.2. The van der Waals surface area contributed by atoms with Gasteiger partial charge in [-0.05, 0) is 37.6 Å². The van der Waals surface area contributed by atoms with Crippen LogP contribution in [0.2, 0.25) is 0 Å². The zero-order valence-corrected chi connectivity index (χ0v) is 22.4. The summed E-state index contributed by atoms with van der Waals surface area (Å²) in [6.07, 6.45) is 4.70. The largest absolute Gasteiger partial charge is 0.368 e. The molecule has 35 heavy (non-hydrogen) atoms. The zero-order valence-electron chi connectivity index (χ0n) is 20.0. The van der Waals surface area contributed by atoms with Crippen LogP contribution >= 0.6 is 15.9 Å². The Hall–Kier alpha value is -3.19. The molecule has 3 aromatic rings. The fraction of sp³-hybridized carbons (Fsp3) is 0.364. The summed E-state index contributed by atoms with van der Waals surface area (Å²) in [5, 5.41) is 4.18. The molecule has 0 aliphatic carbocycles. The van der Waals surface area contributed by atoms with Crippen molar-refractivity contribution in [2.45, 2.75) is 19.9 Å². The zero-order chi connectivity index (χ0) is 25.2. The van der Waals surface area contributed by atoms with Crippen molar-refractivity contribution in [1.29, 1.82) is 0 Å². The molecule has 2 aromatic heterocycles. The van der Waals surface area contributed by atoms with Crippen LogP contribution in [-0.4, -0.2) is 85.2 Å². The van der Waals surface area contributed by atoms with Crippen LogP contribution in [0.1, 0.15) is 12.5 Å². The molecule has 0 spiro atoms. The lowest BCUT2D eigenvalue weighted by Gasteiger charge is -2.41. The molecule has 1 aliphatic heterocycles. The van der Waals surface area contributed by atoms with Crippen LogP contribution in [0.3, 0.4) is 0 Å². The average molecular weight is 562 g/mol. The normalized spacial score (nSPS) is 17.4. The minimum absolute atomic E-state index is 0.0700. The molecule has 0 radical (unpaired) electrons. The Bertz CT molecular complexity index is 1370. The van der Waals surface area contributed by atoms with E-state index in [1.807, 2.05) is 49.2 Å². The highest BCUT2D eigenvalue weighted by atomic mass is 79.9. The molecule has 186 valence electrons. The molecule has 0 bridgehead atoms. The van der Waals surface area contributed by atoms with Crippen molar-refractivity contribution in [2.75, 3.05) is 43.9 Å². The topological polar surface area (TPSA) is 122 Å². The first-order chi connectivity index (χ1) is 16.6. The van der Waals surface area contributed by atoms with Crippen molar-refractivity contribution in [1.82, 2.24) is 24.8 Å². The van der Waals surface area contributed by atoms with E-state index in [4.69, 9.17) is 0 Å². The molecule has 1 atom stereocenters. The molecule has 2 N–H and O–H groups in total. The Morgan fingerprint density at radius 1 is 1.31 bits per heavy atom. The number of rotatable bonds is 5. The smallest absolute Gasteiger partial charge is 0.367 e.